The smallest absolute Gasteiger partial charge is 0.238 e. The third-order valence-corrected chi connectivity index (χ3v) is 3.12. The van der Waals surface area contributed by atoms with Gasteiger partial charge in [0.2, 0.25) is 5.91 Å². The van der Waals surface area contributed by atoms with E-state index >= 15 is 0 Å². The fourth-order valence-electron chi connectivity index (χ4n) is 1.92. The van der Waals surface area contributed by atoms with Gasteiger partial charge in [-0.1, -0.05) is 13.3 Å². The maximum absolute atomic E-state index is 11.5. The molecule has 0 saturated heterocycles. The molecule has 94 valence electrons. The van der Waals surface area contributed by atoms with Gasteiger partial charge in [0.25, 0.3) is 0 Å². The molecule has 1 rings (SSSR count). The normalized spacial score (nSPS) is 19.8. The fourth-order valence-corrected chi connectivity index (χ4v) is 1.92. The second kappa shape index (κ2) is 5.64. The number of rotatable bonds is 8. The molecule has 1 unspecified atom stereocenters. The maximum atomic E-state index is 11.5. The predicted octanol–water partition coefficient (Wildman–Crippen LogP) is 0.714. The zero-order chi connectivity index (χ0) is 12.2. The van der Waals surface area contributed by atoms with Gasteiger partial charge in [-0.2, -0.15) is 0 Å². The Morgan fingerprint density at radius 3 is 2.62 bits per heavy atom. The van der Waals surface area contributed by atoms with Crippen molar-refractivity contribution >= 4 is 5.91 Å². The van der Waals surface area contributed by atoms with Crippen LogP contribution >= 0.6 is 0 Å². The van der Waals surface area contributed by atoms with E-state index in [1.54, 1.807) is 0 Å². The van der Waals surface area contributed by atoms with Crippen LogP contribution in [0.1, 0.15) is 39.5 Å². The molecule has 1 amide bonds. The molecule has 16 heavy (non-hydrogen) atoms. The third-order valence-electron chi connectivity index (χ3n) is 3.12. The highest BCUT2D eigenvalue weighted by molar-refractivity contribution is 5.84. The summed E-state index contributed by atoms with van der Waals surface area (Å²) in [5.41, 5.74) is 4.92. The van der Waals surface area contributed by atoms with E-state index in [1.807, 2.05) is 14.0 Å². The summed E-state index contributed by atoms with van der Waals surface area (Å²) >= 11 is 0. The number of unbranched alkanes of at least 4 members (excludes halogenated alkanes) is 1. The van der Waals surface area contributed by atoms with Gasteiger partial charge in [-0.3, -0.25) is 10.1 Å². The second-order valence-electron chi connectivity index (χ2n) is 5.21. The highest BCUT2D eigenvalue weighted by Crippen LogP contribution is 2.22. The number of amides is 1. The standard InChI is InChI=1S/C12H25N3O/c1-4-5-8-15(3)9-12(2,11(13)16)14-10-6-7-10/h10,14H,4-9H2,1-3H3,(H2,13,16). The summed E-state index contributed by atoms with van der Waals surface area (Å²) in [5, 5.41) is 3.36. The third kappa shape index (κ3) is 4.10. The molecule has 0 aliphatic heterocycles. The number of primary amides is 1. The highest BCUT2D eigenvalue weighted by Gasteiger charge is 2.37. The average molecular weight is 227 g/mol. The van der Waals surface area contributed by atoms with Gasteiger partial charge in [0.1, 0.15) is 5.54 Å². The largest absolute Gasteiger partial charge is 0.368 e. The molecule has 0 aromatic rings. The molecule has 0 heterocycles. The first-order valence-electron chi connectivity index (χ1n) is 6.24. The molecule has 1 aliphatic carbocycles. The van der Waals surface area contributed by atoms with Crippen LogP contribution in [-0.4, -0.2) is 42.5 Å². The van der Waals surface area contributed by atoms with Crippen molar-refractivity contribution in [1.29, 1.82) is 0 Å². The molecule has 1 fully saturated rings. The van der Waals surface area contributed by atoms with E-state index in [9.17, 15) is 4.79 Å². The van der Waals surface area contributed by atoms with Crippen LogP contribution < -0.4 is 11.1 Å². The topological polar surface area (TPSA) is 58.4 Å². The minimum Gasteiger partial charge on any atom is -0.368 e. The number of hydrogen-bond donors (Lipinski definition) is 2. The molecule has 4 heteroatoms. The SMILES string of the molecule is CCCCN(C)CC(C)(NC1CC1)C(N)=O. The molecule has 0 aromatic heterocycles. The van der Waals surface area contributed by atoms with Crippen molar-refractivity contribution in [2.75, 3.05) is 20.1 Å². The lowest BCUT2D eigenvalue weighted by atomic mass is 10.0. The van der Waals surface area contributed by atoms with E-state index < -0.39 is 5.54 Å². The van der Waals surface area contributed by atoms with Crippen LogP contribution in [-0.2, 0) is 4.79 Å². The molecule has 1 aliphatic rings. The number of hydrogen-bond acceptors (Lipinski definition) is 3. The van der Waals surface area contributed by atoms with Crippen molar-refractivity contribution in [3.63, 3.8) is 0 Å². The Kier molecular flexibility index (Phi) is 4.74. The summed E-state index contributed by atoms with van der Waals surface area (Å²) < 4.78 is 0. The molecule has 1 saturated carbocycles. The molecule has 1 atom stereocenters. The van der Waals surface area contributed by atoms with Gasteiger partial charge in [-0.25, -0.2) is 0 Å². The number of carbonyl (C=O) groups excluding carboxylic acids is 1. The Balaban J connectivity index is 2.45. The van der Waals surface area contributed by atoms with Crippen LogP contribution in [0.25, 0.3) is 0 Å². The molecular weight excluding hydrogens is 202 g/mol. The Hall–Kier alpha value is -0.610. The quantitative estimate of drug-likeness (QED) is 0.642. The van der Waals surface area contributed by atoms with Gasteiger partial charge in [0.15, 0.2) is 0 Å². The van der Waals surface area contributed by atoms with Gasteiger partial charge in [0, 0.05) is 12.6 Å². The van der Waals surface area contributed by atoms with Crippen LogP contribution in [0.4, 0.5) is 0 Å². The van der Waals surface area contributed by atoms with E-state index in [0.29, 0.717) is 12.6 Å². The lowest BCUT2D eigenvalue weighted by Gasteiger charge is -2.32. The number of carbonyl (C=O) groups is 1. The van der Waals surface area contributed by atoms with Crippen molar-refractivity contribution in [2.24, 2.45) is 5.73 Å². The first-order chi connectivity index (χ1) is 7.48. The number of likely N-dealkylation sites (N-methyl/N-ethyl adjacent to an activating group) is 1. The van der Waals surface area contributed by atoms with Gasteiger partial charge in [0.05, 0.1) is 0 Å². The summed E-state index contributed by atoms with van der Waals surface area (Å²) in [6, 6.07) is 0.497. The lowest BCUT2D eigenvalue weighted by Crippen LogP contribution is -2.59. The van der Waals surface area contributed by atoms with Crippen LogP contribution in [0.15, 0.2) is 0 Å². The number of nitrogens with zero attached hydrogens (tertiary/aromatic N) is 1. The van der Waals surface area contributed by atoms with Gasteiger partial charge < -0.3 is 10.6 Å². The summed E-state index contributed by atoms with van der Waals surface area (Å²) in [6.45, 7) is 5.80. The van der Waals surface area contributed by atoms with Crippen molar-refractivity contribution in [2.45, 2.75) is 51.1 Å². The first kappa shape index (κ1) is 13.5. The lowest BCUT2D eigenvalue weighted by molar-refractivity contribution is -0.124. The first-order valence-corrected chi connectivity index (χ1v) is 6.24. The zero-order valence-electron chi connectivity index (χ0n) is 10.8. The molecule has 0 aromatic carbocycles. The fraction of sp³-hybridized carbons (Fsp3) is 0.917. The molecule has 4 nitrogen and oxygen atoms in total. The Morgan fingerprint density at radius 2 is 2.19 bits per heavy atom. The Morgan fingerprint density at radius 1 is 1.56 bits per heavy atom. The maximum Gasteiger partial charge on any atom is 0.238 e. The van der Waals surface area contributed by atoms with E-state index in [2.05, 4.69) is 17.1 Å². The monoisotopic (exact) mass is 227 g/mol. The summed E-state index contributed by atoms with van der Waals surface area (Å²) in [4.78, 5) is 13.7. The van der Waals surface area contributed by atoms with Crippen molar-refractivity contribution in [3.05, 3.63) is 0 Å². The van der Waals surface area contributed by atoms with Crippen LogP contribution in [0.3, 0.4) is 0 Å². The summed E-state index contributed by atoms with van der Waals surface area (Å²) in [5.74, 6) is -0.247. The minimum atomic E-state index is -0.580. The van der Waals surface area contributed by atoms with Crippen molar-refractivity contribution in [1.82, 2.24) is 10.2 Å². The van der Waals surface area contributed by atoms with Crippen LogP contribution in [0.5, 0.6) is 0 Å². The van der Waals surface area contributed by atoms with E-state index in [-0.39, 0.29) is 5.91 Å². The molecule has 0 bridgehead atoms. The van der Waals surface area contributed by atoms with Gasteiger partial charge >= 0.3 is 0 Å². The molecule has 0 spiro atoms. The second-order valence-corrected chi connectivity index (χ2v) is 5.21. The zero-order valence-corrected chi connectivity index (χ0v) is 10.8. The van der Waals surface area contributed by atoms with E-state index in [1.165, 1.54) is 19.3 Å². The van der Waals surface area contributed by atoms with Crippen LogP contribution in [0.2, 0.25) is 0 Å². The predicted molar refractivity (Wildman–Crippen MR) is 66.2 cm³/mol. The van der Waals surface area contributed by atoms with Crippen molar-refractivity contribution < 1.29 is 4.79 Å². The van der Waals surface area contributed by atoms with Gasteiger partial charge in [-0.15, -0.1) is 0 Å². The minimum absolute atomic E-state index is 0.247. The Bertz CT molecular complexity index is 240. The molecule has 3 N–H and O–H groups in total. The Labute approximate surface area is 98.6 Å². The number of nitrogens with one attached hydrogen (secondary N) is 1. The van der Waals surface area contributed by atoms with Crippen LogP contribution in [0, 0.1) is 0 Å². The highest BCUT2D eigenvalue weighted by atomic mass is 16.1. The van der Waals surface area contributed by atoms with Gasteiger partial charge in [-0.05, 0) is 39.8 Å². The number of nitrogens with two attached hydrogens (primary N) is 1. The summed E-state index contributed by atoms with van der Waals surface area (Å²) in [6.07, 6.45) is 4.67. The molecule has 0 radical (unpaired) electrons. The average Bonchev–Trinajstić information content (AvgIpc) is 2.98. The molecular formula is C12H25N3O. The van der Waals surface area contributed by atoms with E-state index in [4.69, 9.17) is 5.73 Å². The summed E-state index contributed by atoms with van der Waals surface area (Å²) in [7, 11) is 2.05. The van der Waals surface area contributed by atoms with Crippen molar-refractivity contribution in [3.8, 4) is 0 Å². The van der Waals surface area contributed by atoms with E-state index in [0.717, 1.165) is 13.0 Å².